The predicted octanol–water partition coefficient (Wildman–Crippen LogP) is 2.85. The van der Waals surface area contributed by atoms with Gasteiger partial charge in [0.15, 0.2) is 9.84 Å². The summed E-state index contributed by atoms with van der Waals surface area (Å²) in [5, 5.41) is 8.31. The Hall–Kier alpha value is -1.99. The van der Waals surface area contributed by atoms with Crippen molar-refractivity contribution in [3.63, 3.8) is 0 Å². The number of hydroxylamine groups is 1. The largest absolute Gasteiger partial charge is 0.289 e. The van der Waals surface area contributed by atoms with E-state index in [2.05, 4.69) is 11.9 Å². The first-order valence-electron chi connectivity index (χ1n) is 8.04. The number of hydrogen-bond donors (Lipinski definition) is 2. The zero-order chi connectivity index (χ0) is 17.6. The van der Waals surface area contributed by atoms with Gasteiger partial charge in [-0.25, -0.2) is 13.9 Å². The monoisotopic (exact) mass is 350 g/mol. The minimum atomic E-state index is -3.96. The van der Waals surface area contributed by atoms with Gasteiger partial charge in [0.1, 0.15) is 5.25 Å². The predicted molar refractivity (Wildman–Crippen MR) is 91.4 cm³/mol. The minimum Gasteiger partial charge on any atom is -0.289 e. The number of aromatic nitrogens is 1. The second-order valence-corrected chi connectivity index (χ2v) is 7.79. The van der Waals surface area contributed by atoms with E-state index in [1.165, 1.54) is 17.7 Å². The molecule has 0 radical (unpaired) electrons. The fraction of sp³-hybridized carbons (Fsp3) is 0.412. The van der Waals surface area contributed by atoms with Crippen LogP contribution in [-0.4, -0.2) is 29.8 Å². The molecule has 0 bridgehead atoms. The van der Waals surface area contributed by atoms with Crippen molar-refractivity contribution in [1.82, 2.24) is 10.5 Å². The van der Waals surface area contributed by atoms with E-state index in [1.807, 2.05) is 0 Å². The van der Waals surface area contributed by atoms with Crippen molar-refractivity contribution >= 4 is 26.6 Å². The van der Waals surface area contributed by atoms with E-state index in [1.54, 1.807) is 24.3 Å². The number of sulfone groups is 1. The van der Waals surface area contributed by atoms with Gasteiger partial charge in [0.2, 0.25) is 0 Å². The molecular formula is C17H22N2O4S. The number of fused-ring (bicyclic) bond motifs is 1. The van der Waals surface area contributed by atoms with Crippen molar-refractivity contribution in [2.24, 2.45) is 0 Å². The summed E-state index contributed by atoms with van der Waals surface area (Å²) in [5.74, 6) is -0.903. The highest BCUT2D eigenvalue weighted by atomic mass is 32.2. The quantitative estimate of drug-likeness (QED) is 0.433. The third kappa shape index (κ3) is 3.91. The van der Waals surface area contributed by atoms with Gasteiger partial charge < -0.3 is 0 Å². The number of pyridine rings is 1. The van der Waals surface area contributed by atoms with Crippen LogP contribution >= 0.6 is 0 Å². The van der Waals surface area contributed by atoms with Crippen LogP contribution in [0.2, 0.25) is 0 Å². The van der Waals surface area contributed by atoms with Crippen molar-refractivity contribution in [2.45, 2.75) is 49.2 Å². The molecule has 1 aromatic carbocycles. The molecule has 7 heteroatoms. The number of hydrogen-bond acceptors (Lipinski definition) is 5. The Morgan fingerprint density at radius 1 is 1.21 bits per heavy atom. The Morgan fingerprint density at radius 3 is 2.67 bits per heavy atom. The summed E-state index contributed by atoms with van der Waals surface area (Å²) in [5.41, 5.74) is 1.83. The highest BCUT2D eigenvalue weighted by Gasteiger charge is 2.34. The molecule has 1 amide bonds. The molecule has 1 unspecified atom stereocenters. The average Bonchev–Trinajstić information content (AvgIpc) is 2.60. The van der Waals surface area contributed by atoms with E-state index < -0.39 is 21.0 Å². The van der Waals surface area contributed by atoms with Gasteiger partial charge in [-0.1, -0.05) is 50.8 Å². The standard InChI is InChI=1S/C17H22N2O4S/c1-2-3-4-5-10-15(17(20)19-21)24(22,23)14-11-6-8-13-9-7-12-18-16(13)14/h6-9,11-12,15,21H,2-5,10H2,1H3,(H,19,20). The first kappa shape index (κ1) is 18.4. The van der Waals surface area contributed by atoms with Crippen molar-refractivity contribution in [3.05, 3.63) is 36.5 Å². The first-order valence-corrected chi connectivity index (χ1v) is 9.58. The van der Waals surface area contributed by atoms with Gasteiger partial charge in [-0.15, -0.1) is 0 Å². The number of carbonyl (C=O) groups is 1. The normalized spacial score (nSPS) is 12.9. The Balaban J connectivity index is 2.40. The van der Waals surface area contributed by atoms with Crippen LogP contribution in [-0.2, 0) is 14.6 Å². The SMILES string of the molecule is CCCCCCC(C(=O)NO)S(=O)(=O)c1cccc2cccnc12. The van der Waals surface area contributed by atoms with Crippen LogP contribution in [0.15, 0.2) is 41.4 Å². The number of benzene rings is 1. The van der Waals surface area contributed by atoms with Crippen molar-refractivity contribution in [3.8, 4) is 0 Å². The highest BCUT2D eigenvalue weighted by molar-refractivity contribution is 7.93. The second kappa shape index (κ2) is 8.21. The number of unbranched alkanes of at least 4 members (excludes halogenated alkanes) is 3. The van der Waals surface area contributed by atoms with E-state index in [0.29, 0.717) is 17.3 Å². The van der Waals surface area contributed by atoms with Crippen LogP contribution in [0.1, 0.15) is 39.0 Å². The molecule has 2 N–H and O–H groups in total. The van der Waals surface area contributed by atoms with Gasteiger partial charge in [0.25, 0.3) is 5.91 Å². The first-order chi connectivity index (χ1) is 11.5. The summed E-state index contributed by atoms with van der Waals surface area (Å²) in [6.45, 7) is 2.05. The molecule has 0 saturated heterocycles. The van der Waals surface area contributed by atoms with Gasteiger partial charge in [0.05, 0.1) is 10.4 Å². The molecule has 130 valence electrons. The maximum absolute atomic E-state index is 13.0. The smallest absolute Gasteiger partial charge is 0.262 e. The van der Waals surface area contributed by atoms with Gasteiger partial charge in [0, 0.05) is 11.6 Å². The van der Waals surface area contributed by atoms with E-state index in [-0.39, 0.29) is 11.3 Å². The molecule has 0 aliphatic heterocycles. The number of para-hydroxylation sites is 1. The lowest BCUT2D eigenvalue weighted by Gasteiger charge is -2.16. The lowest BCUT2D eigenvalue weighted by atomic mass is 10.1. The highest BCUT2D eigenvalue weighted by Crippen LogP contribution is 2.26. The summed E-state index contributed by atoms with van der Waals surface area (Å²) in [7, 11) is -3.96. The molecule has 24 heavy (non-hydrogen) atoms. The molecule has 6 nitrogen and oxygen atoms in total. The summed E-state index contributed by atoms with van der Waals surface area (Å²) in [6.07, 6.45) is 5.11. The van der Waals surface area contributed by atoms with Crippen LogP contribution in [0.4, 0.5) is 0 Å². The number of nitrogens with zero attached hydrogens (tertiary/aromatic N) is 1. The average molecular weight is 350 g/mol. The summed E-state index contributed by atoms with van der Waals surface area (Å²) in [6, 6.07) is 8.34. The van der Waals surface area contributed by atoms with Crippen LogP contribution in [0.5, 0.6) is 0 Å². The van der Waals surface area contributed by atoms with E-state index >= 15 is 0 Å². The number of amides is 1. The fourth-order valence-corrected chi connectivity index (χ4v) is 4.54. The number of rotatable bonds is 8. The maximum atomic E-state index is 13.0. The van der Waals surface area contributed by atoms with Crippen molar-refractivity contribution < 1.29 is 18.4 Å². The molecule has 0 saturated carbocycles. The van der Waals surface area contributed by atoms with Gasteiger partial charge >= 0.3 is 0 Å². The Bertz CT molecular complexity index is 800. The minimum absolute atomic E-state index is 0.0182. The van der Waals surface area contributed by atoms with E-state index in [0.717, 1.165) is 19.3 Å². The summed E-state index contributed by atoms with van der Waals surface area (Å²) in [4.78, 5) is 16.1. The lowest BCUT2D eigenvalue weighted by Crippen LogP contribution is -2.38. The molecule has 0 aliphatic rings. The third-order valence-corrected chi connectivity index (χ3v) is 6.14. The topological polar surface area (TPSA) is 96.4 Å². The molecule has 2 rings (SSSR count). The molecular weight excluding hydrogens is 328 g/mol. The molecule has 0 spiro atoms. The Morgan fingerprint density at radius 2 is 1.96 bits per heavy atom. The third-order valence-electron chi connectivity index (χ3n) is 4.00. The van der Waals surface area contributed by atoms with Gasteiger partial charge in [-0.3, -0.25) is 15.0 Å². The van der Waals surface area contributed by atoms with Crippen molar-refractivity contribution in [2.75, 3.05) is 0 Å². The molecule has 0 fully saturated rings. The Labute approximate surface area is 141 Å². The fourth-order valence-electron chi connectivity index (χ4n) is 2.71. The molecule has 1 atom stereocenters. The molecule has 2 aromatic rings. The zero-order valence-corrected chi connectivity index (χ0v) is 14.4. The van der Waals surface area contributed by atoms with Crippen LogP contribution in [0.25, 0.3) is 10.9 Å². The molecule has 0 aliphatic carbocycles. The molecule has 1 aromatic heterocycles. The lowest BCUT2D eigenvalue weighted by molar-refractivity contribution is -0.128. The maximum Gasteiger partial charge on any atom is 0.262 e. The second-order valence-electron chi connectivity index (χ2n) is 5.69. The van der Waals surface area contributed by atoms with Crippen LogP contribution in [0.3, 0.4) is 0 Å². The summed E-state index contributed by atoms with van der Waals surface area (Å²) >= 11 is 0. The summed E-state index contributed by atoms with van der Waals surface area (Å²) < 4.78 is 26.0. The van der Waals surface area contributed by atoms with E-state index in [9.17, 15) is 13.2 Å². The van der Waals surface area contributed by atoms with Crippen LogP contribution < -0.4 is 5.48 Å². The van der Waals surface area contributed by atoms with E-state index in [4.69, 9.17) is 5.21 Å². The molecule has 1 heterocycles. The number of nitrogens with one attached hydrogen (secondary N) is 1. The van der Waals surface area contributed by atoms with Crippen molar-refractivity contribution in [1.29, 1.82) is 0 Å². The Kier molecular flexibility index (Phi) is 6.28. The van der Waals surface area contributed by atoms with Crippen LogP contribution in [0, 0.1) is 0 Å². The zero-order valence-electron chi connectivity index (χ0n) is 13.6. The van der Waals surface area contributed by atoms with Gasteiger partial charge in [-0.2, -0.15) is 0 Å². The number of carbonyl (C=O) groups excluding carboxylic acids is 1. The van der Waals surface area contributed by atoms with Gasteiger partial charge in [-0.05, 0) is 18.6 Å².